The smallest absolute Gasteiger partial charge is 0.379 e. The molecule has 568 valence electrons. The molecule has 8 rings (SSSR count). The van der Waals surface area contributed by atoms with Gasteiger partial charge >= 0.3 is 6.18 Å². The van der Waals surface area contributed by atoms with E-state index in [0.717, 1.165) is 22.6 Å². The fourth-order valence-electron chi connectivity index (χ4n) is 16.7. The molecule has 1 spiro atoms. The minimum atomic E-state index is -4.52. The Morgan fingerprint density at radius 1 is 0.673 bits per heavy atom. The lowest BCUT2D eigenvalue weighted by Gasteiger charge is -2.44. The van der Waals surface area contributed by atoms with Crippen LogP contribution in [0.3, 0.4) is 0 Å². The first-order valence-corrected chi connectivity index (χ1v) is 37.5. The Morgan fingerprint density at radius 2 is 1.33 bits per heavy atom. The van der Waals surface area contributed by atoms with E-state index in [1.54, 1.807) is 11.8 Å². The Labute approximate surface area is 597 Å². The van der Waals surface area contributed by atoms with Gasteiger partial charge in [-0.2, -0.15) is 13.2 Å². The Morgan fingerprint density at radius 3 is 1.92 bits per heavy atom. The van der Waals surface area contributed by atoms with Crippen LogP contribution in [0.2, 0.25) is 0 Å². The van der Waals surface area contributed by atoms with Crippen LogP contribution < -0.4 is 21.3 Å². The molecular formula is C71H112ClF3N12O14. The van der Waals surface area contributed by atoms with Crippen molar-refractivity contribution < 1.29 is 80.2 Å². The van der Waals surface area contributed by atoms with Crippen LogP contribution in [0.15, 0.2) is 0 Å². The molecule has 5 heterocycles. The van der Waals surface area contributed by atoms with Crippen LogP contribution in [-0.2, 0) is 67.0 Å². The van der Waals surface area contributed by atoms with E-state index in [9.17, 15) is 41.9 Å². The molecule has 8 fully saturated rings. The van der Waals surface area contributed by atoms with Gasteiger partial charge in [0.2, 0.25) is 70.9 Å². The largest absolute Gasteiger partial charge is 0.393 e. The second-order valence-electron chi connectivity index (χ2n) is 30.6. The number of likely N-dealkylation sites (N-methyl/N-ethyl adjacent to an activating group) is 5. The van der Waals surface area contributed by atoms with Crippen molar-refractivity contribution in [1.82, 2.24) is 60.5 Å². The molecular weight excluding hydrogens is 1340 g/mol. The quantitative estimate of drug-likeness (QED) is 0.149. The predicted molar refractivity (Wildman–Crippen MR) is 366 cm³/mol. The maximum atomic E-state index is 15.9. The molecule has 0 aromatic carbocycles. The molecule has 5 saturated heterocycles. The number of fused-ring (bicyclic) bond motifs is 4. The first-order valence-electron chi connectivity index (χ1n) is 37.1. The minimum absolute atomic E-state index is 0.0133. The lowest BCUT2D eigenvalue weighted by Crippen LogP contribution is -2.65. The van der Waals surface area contributed by atoms with Crippen LogP contribution in [0, 0.1) is 29.6 Å². The number of amides is 12. The average Bonchev–Trinajstić information content (AvgIpc) is 1.77. The Hall–Kier alpha value is -6.36. The van der Waals surface area contributed by atoms with Gasteiger partial charge in [-0.25, -0.2) is 0 Å². The fourth-order valence-corrected chi connectivity index (χ4v) is 17.2. The van der Waals surface area contributed by atoms with Gasteiger partial charge in [-0.05, 0) is 133 Å². The van der Waals surface area contributed by atoms with Crippen molar-refractivity contribution in [3.05, 3.63) is 0 Å². The molecule has 8 aliphatic rings. The number of hydrogen-bond acceptors (Lipinski definition) is 14. The van der Waals surface area contributed by atoms with Gasteiger partial charge in [0.25, 0.3) is 0 Å². The third kappa shape index (κ3) is 18.6. The minimum Gasteiger partial charge on any atom is -0.379 e. The van der Waals surface area contributed by atoms with Gasteiger partial charge in [-0.1, -0.05) is 66.7 Å². The number of alkyl halides is 4. The summed E-state index contributed by atoms with van der Waals surface area (Å²) in [7, 11) is 7.11. The number of ether oxygens (including phenoxy) is 2. The molecule has 5 aliphatic heterocycles. The topological polar surface area (TPSA) is 297 Å². The molecule has 5 unspecified atom stereocenters. The number of hydrogen-bond donors (Lipinski definition) is 4. The fraction of sp³-hybridized carbons (Fsp3) is 0.831. The van der Waals surface area contributed by atoms with Gasteiger partial charge in [-0.3, -0.25) is 57.5 Å². The van der Waals surface area contributed by atoms with Gasteiger partial charge in [0.05, 0.1) is 50.8 Å². The van der Waals surface area contributed by atoms with Crippen molar-refractivity contribution in [3.8, 4) is 0 Å². The molecule has 3 saturated carbocycles. The highest BCUT2D eigenvalue weighted by atomic mass is 35.5. The van der Waals surface area contributed by atoms with E-state index < -0.39 is 173 Å². The number of nitrogens with zero attached hydrogens (tertiary/aromatic N) is 8. The lowest BCUT2D eigenvalue weighted by atomic mass is 9.78. The molecule has 4 N–H and O–H groups in total. The first-order chi connectivity index (χ1) is 47.7. The summed E-state index contributed by atoms with van der Waals surface area (Å²) in [4.78, 5) is 191. The summed E-state index contributed by atoms with van der Waals surface area (Å²) in [5.74, 6) is -11.1. The first kappa shape index (κ1) is 80.3. The van der Waals surface area contributed by atoms with E-state index in [2.05, 4.69) is 21.3 Å². The number of carbonyl (C=O) groups is 12. The molecule has 0 aromatic rings. The number of halogens is 4. The van der Waals surface area contributed by atoms with Crippen LogP contribution in [0.25, 0.3) is 0 Å². The van der Waals surface area contributed by atoms with E-state index >= 15 is 28.8 Å². The van der Waals surface area contributed by atoms with Gasteiger partial charge in [0.1, 0.15) is 59.9 Å². The summed E-state index contributed by atoms with van der Waals surface area (Å²) in [6.45, 7) is 10.5. The second-order valence-corrected chi connectivity index (χ2v) is 31.1. The van der Waals surface area contributed by atoms with Crippen LogP contribution in [0.5, 0.6) is 0 Å². The van der Waals surface area contributed by atoms with E-state index in [1.165, 1.54) is 66.7 Å². The van der Waals surface area contributed by atoms with Crippen molar-refractivity contribution >= 4 is 82.5 Å². The van der Waals surface area contributed by atoms with Crippen molar-refractivity contribution in [3.63, 3.8) is 0 Å². The Balaban J connectivity index is 1.16. The molecule has 0 aromatic heterocycles. The van der Waals surface area contributed by atoms with Crippen LogP contribution >= 0.6 is 11.6 Å². The highest BCUT2D eigenvalue weighted by Crippen LogP contribution is 2.44. The SMILES string of the molecule is CCCOC[C@H]1C(=O)N(C)CC(=O)N[C@@H](CCC2CCC(C(F)(F)F)C(Cl)C2)C(=O)N2CCC[C@H]2C(=O)NC2(CCCC2)C(=O)N(C)[C@@H](C2CCCC2)C(=O)N(C)[C@H](C(=O)N2C3CCC2COC3)CC(=O)N(C)[C@@H](CC(C)C)C(=O)N[C@@H]([C@@H](C)CC)C(=O)N[C@@H](C)C(=O)N2CC[C@H]2C(=O)N1C. The van der Waals surface area contributed by atoms with Crippen molar-refractivity contribution in [2.75, 3.05) is 81.3 Å². The molecule has 26 nitrogen and oxygen atoms in total. The van der Waals surface area contributed by atoms with E-state index in [4.69, 9.17) is 21.1 Å². The summed E-state index contributed by atoms with van der Waals surface area (Å²) in [5, 5.41) is 10.3. The highest BCUT2D eigenvalue weighted by molar-refractivity contribution is 6.21. The van der Waals surface area contributed by atoms with Gasteiger partial charge in [0.15, 0.2) is 0 Å². The molecule has 15 atom stereocenters. The van der Waals surface area contributed by atoms with Crippen LogP contribution in [0.1, 0.15) is 183 Å². The van der Waals surface area contributed by atoms with Gasteiger partial charge in [-0.15, -0.1) is 11.6 Å². The molecule has 12 amide bonds. The summed E-state index contributed by atoms with van der Waals surface area (Å²) in [6.07, 6.45) is 1.82. The highest BCUT2D eigenvalue weighted by Gasteiger charge is 2.54. The zero-order valence-electron chi connectivity index (χ0n) is 61.1. The number of morpholine rings is 1. The second kappa shape index (κ2) is 34.9. The standard InChI is InChI=1S/C71H112ClF3N12O14/c1-12-33-100-40-55-65(95)80(7)37-56(88)77-50(27-23-44-22-26-48(49(72)35-44)71(73,74)75)64(94)85-31-18-21-51(85)61(91)79-70(29-16-17-30-70)69(99)84(11)59(45-19-14-15-20-45)68(98)82(9)54(67(97)87-46-24-25-47(87)39-101-38-46)36-57(89)81(8)53(34-41(3)4)60(90)78-58(42(5)13-2)62(92)76-43(6)63(93)86-32-28-52(86)66(96)83(55)10/h41-55,58-59H,12-40H2,1-11H3,(H,76,92)(H,77,88)(H,78,90)(H,79,91)/t42-,43-,44?,46?,47?,48?,49?,50-,51-,52-,53-,54-,55-,58-,59-/m0/s1. The predicted octanol–water partition coefficient (Wildman–Crippen LogP) is 4.12. The summed E-state index contributed by atoms with van der Waals surface area (Å²) in [5.41, 5.74) is -1.57. The molecule has 30 heteroatoms. The Kier molecular flexibility index (Phi) is 27.8. The third-order valence-corrected chi connectivity index (χ3v) is 23.6. The number of carbonyl (C=O) groups excluding carboxylic acids is 12. The molecule has 2 bridgehead atoms. The van der Waals surface area contributed by atoms with Gasteiger partial charge < -0.3 is 69.9 Å². The zero-order valence-corrected chi connectivity index (χ0v) is 61.9. The molecule has 101 heavy (non-hydrogen) atoms. The normalized spacial score (nSPS) is 32.4. The molecule has 3 aliphatic carbocycles. The van der Waals surface area contributed by atoms with Crippen LogP contribution in [0.4, 0.5) is 13.2 Å². The lowest BCUT2D eigenvalue weighted by molar-refractivity contribution is -0.182. The van der Waals surface area contributed by atoms with E-state index in [0.29, 0.717) is 57.8 Å². The Bertz CT molecular complexity index is 2990. The molecule has 0 radical (unpaired) electrons. The summed E-state index contributed by atoms with van der Waals surface area (Å²) in [6, 6.07) is -12.0. The number of rotatable bonds is 13. The van der Waals surface area contributed by atoms with Crippen molar-refractivity contribution in [2.24, 2.45) is 29.6 Å². The summed E-state index contributed by atoms with van der Waals surface area (Å²) < 4.78 is 53.7. The summed E-state index contributed by atoms with van der Waals surface area (Å²) >= 11 is 6.39. The zero-order chi connectivity index (χ0) is 74.1. The third-order valence-electron chi connectivity index (χ3n) is 23.1. The maximum absolute atomic E-state index is 15.9. The van der Waals surface area contributed by atoms with E-state index in [1.807, 2.05) is 27.7 Å². The maximum Gasteiger partial charge on any atom is 0.393 e. The number of nitrogens with one attached hydrogen (secondary N) is 4. The van der Waals surface area contributed by atoms with Crippen molar-refractivity contribution in [1.29, 1.82) is 0 Å². The van der Waals surface area contributed by atoms with Gasteiger partial charge in [0, 0.05) is 60.3 Å². The monoisotopic (exact) mass is 1450 g/mol. The van der Waals surface area contributed by atoms with Crippen LogP contribution in [-0.4, -0.2) is 275 Å². The van der Waals surface area contributed by atoms with Crippen molar-refractivity contribution in [2.45, 2.75) is 266 Å². The average molecular weight is 1450 g/mol. The van der Waals surface area contributed by atoms with E-state index in [-0.39, 0.29) is 128 Å².